The minimum atomic E-state index is -0.679. The Labute approximate surface area is 174 Å². The summed E-state index contributed by atoms with van der Waals surface area (Å²) in [6, 6.07) is 22.4. The summed E-state index contributed by atoms with van der Waals surface area (Å²) in [5.74, 6) is 0.929. The summed E-state index contributed by atoms with van der Waals surface area (Å²) in [4.78, 5) is 21.6. The van der Waals surface area contributed by atoms with Gasteiger partial charge >= 0.3 is 0 Å². The van der Waals surface area contributed by atoms with Crippen LogP contribution >= 0.6 is 0 Å². The number of hydrogen-bond donors (Lipinski definition) is 1. The van der Waals surface area contributed by atoms with Crippen molar-refractivity contribution in [2.45, 2.75) is 13.0 Å². The van der Waals surface area contributed by atoms with Crippen molar-refractivity contribution in [2.24, 2.45) is 0 Å². The summed E-state index contributed by atoms with van der Waals surface area (Å²) in [7, 11) is 1.56. The summed E-state index contributed by atoms with van der Waals surface area (Å²) >= 11 is 0. The van der Waals surface area contributed by atoms with Crippen LogP contribution in [0.4, 0.5) is 5.69 Å². The van der Waals surface area contributed by atoms with Gasteiger partial charge in [0.1, 0.15) is 11.5 Å². The standard InChI is InChI=1S/C24H21N3O3/c1-16(24(28)27-21-9-5-6-10-23(21)29-2)30-18-13-11-17(12-14-18)22-15-25-19-7-3-4-8-20(19)26-22/h3-16H,1-2H3,(H,27,28)/t16-/m1/s1. The molecule has 1 amide bonds. The molecule has 0 radical (unpaired) electrons. The van der Waals surface area contributed by atoms with Gasteiger partial charge in [0.05, 0.1) is 35.7 Å². The molecule has 0 aliphatic rings. The summed E-state index contributed by atoms with van der Waals surface area (Å²) in [5, 5.41) is 2.83. The number of amides is 1. The number of rotatable bonds is 6. The molecule has 1 atom stereocenters. The molecule has 0 aliphatic carbocycles. The molecule has 0 aliphatic heterocycles. The molecule has 0 saturated carbocycles. The smallest absolute Gasteiger partial charge is 0.265 e. The maximum Gasteiger partial charge on any atom is 0.265 e. The minimum absolute atomic E-state index is 0.260. The van der Waals surface area contributed by atoms with E-state index in [1.807, 2.05) is 60.7 Å². The fourth-order valence-corrected chi connectivity index (χ4v) is 3.04. The highest BCUT2D eigenvalue weighted by Crippen LogP contribution is 2.25. The van der Waals surface area contributed by atoms with Gasteiger partial charge in [0.25, 0.3) is 5.91 Å². The van der Waals surface area contributed by atoms with Crippen LogP contribution in [0.3, 0.4) is 0 Å². The molecule has 0 bridgehead atoms. The molecule has 1 heterocycles. The number of fused-ring (bicyclic) bond motifs is 1. The van der Waals surface area contributed by atoms with Gasteiger partial charge in [-0.15, -0.1) is 0 Å². The largest absolute Gasteiger partial charge is 0.495 e. The quantitative estimate of drug-likeness (QED) is 0.508. The maximum absolute atomic E-state index is 12.5. The molecule has 3 aromatic carbocycles. The lowest BCUT2D eigenvalue weighted by Gasteiger charge is -2.16. The van der Waals surface area contributed by atoms with Gasteiger partial charge in [-0.05, 0) is 55.5 Å². The number of methoxy groups -OCH3 is 1. The number of carbonyl (C=O) groups excluding carboxylic acids is 1. The topological polar surface area (TPSA) is 73.3 Å². The molecule has 1 aromatic heterocycles. The average molecular weight is 399 g/mol. The summed E-state index contributed by atoms with van der Waals surface area (Å²) in [6.45, 7) is 1.70. The lowest BCUT2D eigenvalue weighted by Crippen LogP contribution is -2.30. The molecule has 0 spiro atoms. The Morgan fingerprint density at radius 3 is 2.40 bits per heavy atom. The third-order valence-corrected chi connectivity index (χ3v) is 4.65. The third kappa shape index (κ3) is 4.22. The van der Waals surface area contributed by atoms with Crippen LogP contribution in [-0.2, 0) is 4.79 Å². The van der Waals surface area contributed by atoms with E-state index in [1.165, 1.54) is 0 Å². The monoisotopic (exact) mass is 399 g/mol. The Morgan fingerprint density at radius 2 is 1.63 bits per heavy atom. The highest BCUT2D eigenvalue weighted by molar-refractivity contribution is 5.95. The number of nitrogens with zero attached hydrogens (tertiary/aromatic N) is 2. The molecule has 4 aromatic rings. The Hall–Kier alpha value is -3.93. The number of hydrogen-bond acceptors (Lipinski definition) is 5. The highest BCUT2D eigenvalue weighted by Gasteiger charge is 2.16. The third-order valence-electron chi connectivity index (χ3n) is 4.65. The van der Waals surface area contributed by atoms with Gasteiger partial charge < -0.3 is 14.8 Å². The molecule has 6 nitrogen and oxygen atoms in total. The van der Waals surface area contributed by atoms with Crippen LogP contribution in [-0.4, -0.2) is 29.1 Å². The summed E-state index contributed by atoms with van der Waals surface area (Å²) < 4.78 is 11.1. The minimum Gasteiger partial charge on any atom is -0.495 e. The second-order valence-corrected chi connectivity index (χ2v) is 6.72. The van der Waals surface area contributed by atoms with Crippen molar-refractivity contribution in [3.05, 3.63) is 79.0 Å². The number of anilines is 1. The van der Waals surface area contributed by atoms with Crippen LogP contribution in [0.2, 0.25) is 0 Å². The first-order valence-electron chi connectivity index (χ1n) is 9.57. The van der Waals surface area contributed by atoms with Gasteiger partial charge in [-0.3, -0.25) is 9.78 Å². The first-order chi connectivity index (χ1) is 14.6. The van der Waals surface area contributed by atoms with E-state index < -0.39 is 6.10 Å². The Bertz CT molecular complexity index is 1180. The Morgan fingerprint density at radius 1 is 0.933 bits per heavy atom. The van der Waals surface area contributed by atoms with Crippen molar-refractivity contribution >= 4 is 22.6 Å². The predicted molar refractivity (Wildman–Crippen MR) is 117 cm³/mol. The molecule has 150 valence electrons. The van der Waals surface area contributed by atoms with Crippen LogP contribution < -0.4 is 14.8 Å². The first kappa shape index (κ1) is 19.4. The number of nitrogens with one attached hydrogen (secondary N) is 1. The van der Waals surface area contributed by atoms with Gasteiger partial charge in [-0.2, -0.15) is 0 Å². The second-order valence-electron chi connectivity index (χ2n) is 6.72. The predicted octanol–water partition coefficient (Wildman–Crippen LogP) is 4.71. The first-order valence-corrected chi connectivity index (χ1v) is 9.57. The van der Waals surface area contributed by atoms with Crippen molar-refractivity contribution in [3.63, 3.8) is 0 Å². The van der Waals surface area contributed by atoms with Crippen molar-refractivity contribution in [1.82, 2.24) is 9.97 Å². The molecule has 1 N–H and O–H groups in total. The van der Waals surface area contributed by atoms with E-state index in [4.69, 9.17) is 9.47 Å². The van der Waals surface area contributed by atoms with Crippen LogP contribution in [0.25, 0.3) is 22.3 Å². The zero-order valence-electron chi connectivity index (χ0n) is 16.7. The molecule has 0 fully saturated rings. The zero-order chi connectivity index (χ0) is 20.9. The van der Waals surface area contributed by atoms with E-state index in [1.54, 1.807) is 32.4 Å². The molecule has 4 rings (SSSR count). The lowest BCUT2D eigenvalue weighted by atomic mass is 10.1. The van der Waals surface area contributed by atoms with Gasteiger partial charge in [0.15, 0.2) is 6.10 Å². The van der Waals surface area contributed by atoms with Crippen molar-refractivity contribution < 1.29 is 14.3 Å². The van der Waals surface area contributed by atoms with Crippen molar-refractivity contribution in [3.8, 4) is 22.8 Å². The summed E-state index contributed by atoms with van der Waals surface area (Å²) in [6.07, 6.45) is 1.07. The zero-order valence-corrected chi connectivity index (χ0v) is 16.7. The normalized spacial score (nSPS) is 11.7. The van der Waals surface area contributed by atoms with Gasteiger partial charge in [-0.1, -0.05) is 24.3 Å². The summed E-state index contributed by atoms with van der Waals surface area (Å²) in [5.41, 5.74) is 4.01. The number of para-hydroxylation sites is 4. The van der Waals surface area contributed by atoms with E-state index in [9.17, 15) is 4.79 Å². The highest BCUT2D eigenvalue weighted by atomic mass is 16.5. The maximum atomic E-state index is 12.5. The van der Waals surface area contributed by atoms with Gasteiger partial charge in [-0.25, -0.2) is 4.98 Å². The second kappa shape index (κ2) is 8.61. The molecular formula is C24H21N3O3. The fourth-order valence-electron chi connectivity index (χ4n) is 3.04. The van der Waals surface area contributed by atoms with Gasteiger partial charge in [0, 0.05) is 5.56 Å². The Kier molecular flexibility index (Phi) is 5.57. The number of aromatic nitrogens is 2. The van der Waals surface area contributed by atoms with Gasteiger partial charge in [0.2, 0.25) is 0 Å². The lowest BCUT2D eigenvalue weighted by molar-refractivity contribution is -0.122. The van der Waals surface area contributed by atoms with E-state index in [0.717, 1.165) is 22.3 Å². The van der Waals surface area contributed by atoms with Crippen LogP contribution in [0.15, 0.2) is 79.0 Å². The Balaban J connectivity index is 1.44. The molecule has 6 heteroatoms. The van der Waals surface area contributed by atoms with Crippen molar-refractivity contribution in [1.29, 1.82) is 0 Å². The number of ether oxygens (including phenoxy) is 2. The van der Waals surface area contributed by atoms with E-state index >= 15 is 0 Å². The van der Waals surface area contributed by atoms with Crippen LogP contribution in [0.1, 0.15) is 6.92 Å². The van der Waals surface area contributed by atoms with E-state index in [0.29, 0.717) is 17.2 Å². The number of benzene rings is 3. The van der Waals surface area contributed by atoms with Crippen LogP contribution in [0, 0.1) is 0 Å². The fraction of sp³-hybridized carbons (Fsp3) is 0.125. The number of carbonyl (C=O) groups is 1. The average Bonchev–Trinajstić information content (AvgIpc) is 2.79. The molecule has 0 unspecified atom stereocenters. The van der Waals surface area contributed by atoms with Crippen molar-refractivity contribution in [2.75, 3.05) is 12.4 Å². The molecule has 30 heavy (non-hydrogen) atoms. The van der Waals surface area contributed by atoms with Crippen LogP contribution in [0.5, 0.6) is 11.5 Å². The molecule has 0 saturated heterocycles. The SMILES string of the molecule is COc1ccccc1NC(=O)[C@@H](C)Oc1ccc(-c2cnc3ccccc3n2)cc1. The van der Waals surface area contributed by atoms with E-state index in [2.05, 4.69) is 15.3 Å². The molecular weight excluding hydrogens is 378 g/mol. The van der Waals surface area contributed by atoms with E-state index in [-0.39, 0.29) is 5.91 Å².